The molecule has 0 aromatic heterocycles. The molecule has 0 saturated carbocycles. The molecule has 2 atom stereocenters. The van der Waals surface area contributed by atoms with Crippen LogP contribution in [-0.4, -0.2) is 42.9 Å². The molecule has 2 rings (SSSR count). The van der Waals surface area contributed by atoms with E-state index in [0.717, 1.165) is 19.6 Å². The first-order valence-electron chi connectivity index (χ1n) is 6.85. The zero-order chi connectivity index (χ0) is 13.0. The van der Waals surface area contributed by atoms with Gasteiger partial charge < -0.3 is 10.2 Å². The Bertz CT molecular complexity index is 356. The summed E-state index contributed by atoms with van der Waals surface area (Å²) in [7, 11) is 2.18. The molecule has 1 aliphatic rings. The minimum absolute atomic E-state index is 0.569. The van der Waals surface area contributed by atoms with Gasteiger partial charge in [-0.25, -0.2) is 0 Å². The lowest BCUT2D eigenvalue weighted by atomic mass is 10.1. The minimum atomic E-state index is 0.569. The minimum Gasteiger partial charge on any atom is -0.312 e. The molecular weight excluding hydrogens is 240 g/mol. The zero-order valence-corrected chi connectivity index (χ0v) is 12.5. The van der Waals surface area contributed by atoms with Crippen molar-refractivity contribution in [1.29, 1.82) is 0 Å². The maximum atomic E-state index is 3.66. The van der Waals surface area contributed by atoms with E-state index in [1.54, 1.807) is 0 Å². The third kappa shape index (κ3) is 3.74. The highest BCUT2D eigenvalue weighted by Gasteiger charge is 2.21. The van der Waals surface area contributed by atoms with Crippen LogP contribution in [0.1, 0.15) is 19.4 Å². The summed E-state index contributed by atoms with van der Waals surface area (Å²) in [5, 5.41) is 4.37. The van der Waals surface area contributed by atoms with Crippen LogP contribution in [-0.2, 0) is 6.42 Å². The molecule has 3 heteroatoms. The standard InChI is InChI=1S/C15H24N2S/c1-4-17(3)11-12(2)16-10-14-9-13-7-5-6-8-15(13)18-14/h5-8,12,14,16H,4,9-11H2,1-3H3. The third-order valence-electron chi connectivity index (χ3n) is 3.53. The SMILES string of the molecule is CCN(C)CC(C)NCC1Cc2ccccc2S1. The fraction of sp³-hybridized carbons (Fsp3) is 0.600. The molecule has 1 heterocycles. The second-order valence-corrected chi connectivity index (χ2v) is 6.56. The molecule has 2 nitrogen and oxygen atoms in total. The summed E-state index contributed by atoms with van der Waals surface area (Å²) in [5.41, 5.74) is 1.52. The highest BCUT2D eigenvalue weighted by Crippen LogP contribution is 2.36. The zero-order valence-electron chi connectivity index (χ0n) is 11.6. The van der Waals surface area contributed by atoms with Crippen LogP contribution in [0.4, 0.5) is 0 Å². The number of nitrogens with zero attached hydrogens (tertiary/aromatic N) is 1. The van der Waals surface area contributed by atoms with Crippen molar-refractivity contribution >= 4 is 11.8 Å². The van der Waals surface area contributed by atoms with Crippen molar-refractivity contribution in [3.05, 3.63) is 29.8 Å². The van der Waals surface area contributed by atoms with E-state index in [9.17, 15) is 0 Å². The highest BCUT2D eigenvalue weighted by atomic mass is 32.2. The van der Waals surface area contributed by atoms with Gasteiger partial charge in [0, 0.05) is 29.3 Å². The number of thioether (sulfide) groups is 1. The van der Waals surface area contributed by atoms with Gasteiger partial charge in [-0.05, 0) is 38.6 Å². The molecule has 0 amide bonds. The van der Waals surface area contributed by atoms with Crippen molar-refractivity contribution in [3.63, 3.8) is 0 Å². The molecule has 0 saturated heterocycles. The fourth-order valence-electron chi connectivity index (χ4n) is 2.36. The van der Waals surface area contributed by atoms with Gasteiger partial charge in [0.2, 0.25) is 0 Å². The van der Waals surface area contributed by atoms with E-state index in [1.165, 1.54) is 16.9 Å². The number of hydrogen-bond donors (Lipinski definition) is 1. The molecule has 1 aromatic carbocycles. The number of fused-ring (bicyclic) bond motifs is 1. The van der Waals surface area contributed by atoms with Gasteiger partial charge in [0.25, 0.3) is 0 Å². The van der Waals surface area contributed by atoms with Gasteiger partial charge in [0.15, 0.2) is 0 Å². The van der Waals surface area contributed by atoms with E-state index in [-0.39, 0.29) is 0 Å². The summed E-state index contributed by atoms with van der Waals surface area (Å²) in [5.74, 6) is 0. The van der Waals surface area contributed by atoms with Crippen LogP contribution in [0.5, 0.6) is 0 Å². The van der Waals surface area contributed by atoms with Crippen molar-refractivity contribution < 1.29 is 0 Å². The lowest BCUT2D eigenvalue weighted by molar-refractivity contribution is 0.310. The Balaban J connectivity index is 1.73. The van der Waals surface area contributed by atoms with Gasteiger partial charge in [0.1, 0.15) is 0 Å². The number of nitrogens with one attached hydrogen (secondary N) is 1. The molecular formula is C15H24N2S. The van der Waals surface area contributed by atoms with Gasteiger partial charge in [-0.3, -0.25) is 0 Å². The summed E-state index contributed by atoms with van der Waals surface area (Å²) in [6.45, 7) is 7.84. The predicted octanol–water partition coefficient (Wildman–Crippen LogP) is 2.63. The van der Waals surface area contributed by atoms with Crippen molar-refractivity contribution in [3.8, 4) is 0 Å². The Morgan fingerprint density at radius 3 is 2.94 bits per heavy atom. The number of likely N-dealkylation sites (N-methyl/N-ethyl adjacent to an activating group) is 1. The molecule has 18 heavy (non-hydrogen) atoms. The van der Waals surface area contributed by atoms with Crippen molar-refractivity contribution in [2.75, 3.05) is 26.7 Å². The normalized spacial score (nSPS) is 20.1. The molecule has 1 N–H and O–H groups in total. The Kier molecular flexibility index (Phi) is 5.10. The van der Waals surface area contributed by atoms with Gasteiger partial charge in [-0.1, -0.05) is 25.1 Å². The Labute approximate surface area is 115 Å². The van der Waals surface area contributed by atoms with Crippen LogP contribution in [0.2, 0.25) is 0 Å². The smallest absolute Gasteiger partial charge is 0.0260 e. The average molecular weight is 264 g/mol. The summed E-state index contributed by atoms with van der Waals surface area (Å²) in [6, 6.07) is 9.36. The summed E-state index contributed by atoms with van der Waals surface area (Å²) < 4.78 is 0. The first-order chi connectivity index (χ1) is 8.69. The number of rotatable bonds is 6. The van der Waals surface area contributed by atoms with Crippen molar-refractivity contribution in [2.45, 2.75) is 36.5 Å². The first kappa shape index (κ1) is 13.9. The van der Waals surface area contributed by atoms with E-state index >= 15 is 0 Å². The van der Waals surface area contributed by atoms with Crippen LogP contribution >= 0.6 is 11.8 Å². The first-order valence-corrected chi connectivity index (χ1v) is 7.73. The van der Waals surface area contributed by atoms with Gasteiger partial charge >= 0.3 is 0 Å². The molecule has 2 unspecified atom stereocenters. The van der Waals surface area contributed by atoms with Crippen molar-refractivity contribution in [1.82, 2.24) is 10.2 Å². The Hall–Kier alpha value is -0.510. The van der Waals surface area contributed by atoms with Crippen LogP contribution in [0.15, 0.2) is 29.2 Å². The van der Waals surface area contributed by atoms with E-state index in [0.29, 0.717) is 11.3 Å². The maximum absolute atomic E-state index is 3.66. The Morgan fingerprint density at radius 2 is 2.22 bits per heavy atom. The number of hydrogen-bond acceptors (Lipinski definition) is 3. The summed E-state index contributed by atoms with van der Waals surface area (Å²) in [4.78, 5) is 3.83. The lowest BCUT2D eigenvalue weighted by Gasteiger charge is -2.22. The lowest BCUT2D eigenvalue weighted by Crippen LogP contribution is -2.40. The molecule has 0 spiro atoms. The molecule has 0 radical (unpaired) electrons. The van der Waals surface area contributed by atoms with Gasteiger partial charge in [-0.15, -0.1) is 11.8 Å². The van der Waals surface area contributed by atoms with E-state index in [1.807, 2.05) is 11.8 Å². The monoisotopic (exact) mass is 264 g/mol. The van der Waals surface area contributed by atoms with Crippen LogP contribution in [0.25, 0.3) is 0 Å². The quantitative estimate of drug-likeness (QED) is 0.850. The topological polar surface area (TPSA) is 15.3 Å². The van der Waals surface area contributed by atoms with Crippen LogP contribution < -0.4 is 5.32 Å². The van der Waals surface area contributed by atoms with E-state index in [4.69, 9.17) is 0 Å². The van der Waals surface area contributed by atoms with Crippen LogP contribution in [0.3, 0.4) is 0 Å². The second-order valence-electron chi connectivity index (χ2n) is 5.22. The predicted molar refractivity (Wildman–Crippen MR) is 80.4 cm³/mol. The number of benzene rings is 1. The van der Waals surface area contributed by atoms with Crippen molar-refractivity contribution in [2.24, 2.45) is 0 Å². The summed E-state index contributed by atoms with van der Waals surface area (Å²) in [6.07, 6.45) is 1.21. The van der Waals surface area contributed by atoms with E-state index < -0.39 is 0 Å². The molecule has 1 aromatic rings. The maximum Gasteiger partial charge on any atom is 0.0260 e. The molecule has 0 aliphatic carbocycles. The van der Waals surface area contributed by atoms with Crippen LogP contribution in [0, 0.1) is 0 Å². The molecule has 0 bridgehead atoms. The summed E-state index contributed by atoms with van der Waals surface area (Å²) >= 11 is 2.03. The van der Waals surface area contributed by atoms with Gasteiger partial charge in [0.05, 0.1) is 0 Å². The third-order valence-corrected chi connectivity index (χ3v) is 4.85. The fourth-order valence-corrected chi connectivity index (χ4v) is 3.62. The molecule has 1 aliphatic heterocycles. The van der Waals surface area contributed by atoms with E-state index in [2.05, 4.69) is 55.4 Å². The molecule has 0 fully saturated rings. The van der Waals surface area contributed by atoms with Gasteiger partial charge in [-0.2, -0.15) is 0 Å². The Morgan fingerprint density at radius 1 is 1.44 bits per heavy atom. The second kappa shape index (κ2) is 6.60. The largest absolute Gasteiger partial charge is 0.312 e. The average Bonchev–Trinajstić information content (AvgIpc) is 2.79. The highest BCUT2D eigenvalue weighted by molar-refractivity contribution is 8.00. The molecule has 100 valence electrons.